The second-order valence-corrected chi connectivity index (χ2v) is 7.12. The van der Waals surface area contributed by atoms with Crippen LogP contribution < -0.4 is 15.0 Å². The summed E-state index contributed by atoms with van der Waals surface area (Å²) < 4.78 is 0. The minimum atomic E-state index is -2.25. The Labute approximate surface area is 240 Å². The largest absolute Gasteiger partial charge is 0.342 e. The zero-order valence-electron chi connectivity index (χ0n) is 21.2. The Kier molecular flexibility index (Phi) is 11.9. The number of rotatable bonds is 21. The van der Waals surface area contributed by atoms with Gasteiger partial charge in [-0.3, -0.25) is 30.3 Å². The quantitative estimate of drug-likeness (QED) is 0.113. The Morgan fingerprint density at radius 1 is 0.400 bits per heavy atom. The maximum Gasteiger partial charge on any atom is 0.342 e. The molecule has 246 valence electrons. The molecule has 0 unspecified atom stereocenters. The molecule has 0 fully saturated rings. The van der Waals surface area contributed by atoms with Crippen LogP contribution in [0.5, 0.6) is 0 Å². The molecule has 1 aromatic carbocycles. The van der Waals surface area contributed by atoms with Gasteiger partial charge in [0.15, 0.2) is 15.1 Å². The standard InChI is InChI=1S/C12H12N12O21/c25-16(26)10-7(13(19(31)32)1-4-43-22(37)38)11(17(27)28)9(15(21(35)36)3-6-45-24(41)42)12(18(29)30)8(10)14(20(33)34)2-5-44-23(39)40/h1-6H2. The first-order chi connectivity index (χ1) is 20.8. The fourth-order valence-corrected chi connectivity index (χ4v) is 3.36. The molecule has 0 saturated carbocycles. The molecule has 0 saturated heterocycles. The van der Waals surface area contributed by atoms with E-state index in [1.807, 2.05) is 0 Å². The molecule has 33 nitrogen and oxygen atoms in total. The molecule has 0 N–H and O–H groups in total. The highest BCUT2D eigenvalue weighted by Crippen LogP contribution is 2.56. The van der Waals surface area contributed by atoms with E-state index < -0.39 is 134 Å². The van der Waals surface area contributed by atoms with E-state index in [0.29, 0.717) is 0 Å². The van der Waals surface area contributed by atoms with Gasteiger partial charge in [-0.15, -0.1) is 30.3 Å². The van der Waals surface area contributed by atoms with Crippen LogP contribution in [0.4, 0.5) is 34.1 Å². The van der Waals surface area contributed by atoms with Gasteiger partial charge in [0.2, 0.25) is 0 Å². The van der Waals surface area contributed by atoms with Gasteiger partial charge in [-0.2, -0.15) is 0 Å². The van der Waals surface area contributed by atoms with Crippen molar-refractivity contribution in [2.45, 2.75) is 0 Å². The minimum Gasteiger partial charge on any atom is -0.312 e. The van der Waals surface area contributed by atoms with Crippen molar-refractivity contribution < 1.29 is 59.6 Å². The number of anilines is 3. The van der Waals surface area contributed by atoms with E-state index in [4.69, 9.17) is 0 Å². The molecule has 0 bridgehead atoms. The van der Waals surface area contributed by atoms with Gasteiger partial charge in [-0.1, -0.05) is 15.0 Å². The highest BCUT2D eigenvalue weighted by molar-refractivity contribution is 6.00. The van der Waals surface area contributed by atoms with Crippen molar-refractivity contribution in [2.75, 3.05) is 54.5 Å². The lowest BCUT2D eigenvalue weighted by atomic mass is 10.1. The number of hydrazine groups is 3. The maximum absolute atomic E-state index is 12.2. The van der Waals surface area contributed by atoms with Gasteiger partial charge in [-0.05, 0) is 0 Å². The molecule has 0 spiro atoms. The predicted octanol–water partition coefficient (Wildman–Crippen LogP) is -0.970. The third kappa shape index (κ3) is 8.80. The van der Waals surface area contributed by atoms with Gasteiger partial charge >= 0.3 is 17.1 Å². The van der Waals surface area contributed by atoms with Crippen molar-refractivity contribution >= 4 is 34.1 Å². The first kappa shape index (κ1) is 35.6. The molecule has 0 aliphatic carbocycles. The molecule has 0 amide bonds. The summed E-state index contributed by atoms with van der Waals surface area (Å²) in [6.45, 7) is -9.06. The summed E-state index contributed by atoms with van der Waals surface area (Å²) in [6, 6.07) is 0. The van der Waals surface area contributed by atoms with E-state index >= 15 is 0 Å². The molecular weight excluding hydrogens is 648 g/mol. The number of benzene rings is 1. The minimum absolute atomic E-state index is 0.701. The average molecular weight is 660 g/mol. The summed E-state index contributed by atoms with van der Waals surface area (Å²) in [6.07, 6.45) is 0. The number of nitro groups is 6. The Morgan fingerprint density at radius 3 is 0.733 bits per heavy atom. The SMILES string of the molecule is O=[N+]([O-])OCCN(c1c([N+](=O)[O-])c(N(CCO[N+](=O)[O-])[N+](=O)[O-])c([N+](=O)[O-])c(N(CCO[N+](=O)[O-])[N+](=O)[O-])c1[N+](=O)[O-])[N+](=O)[O-]. The number of hydrogen-bond donors (Lipinski definition) is 0. The molecule has 0 heterocycles. The zero-order chi connectivity index (χ0) is 34.8. The van der Waals surface area contributed by atoms with Crippen LogP contribution in [0, 0.1) is 91.0 Å². The van der Waals surface area contributed by atoms with Crippen LogP contribution in [0.2, 0.25) is 0 Å². The molecule has 33 heteroatoms. The molecule has 1 aromatic rings. The molecule has 1 rings (SSSR count). The Balaban J connectivity index is 4.63. The molecular formula is C12H12N12O21. The molecule has 0 aromatic heterocycles. The number of nitrogens with zero attached hydrogens (tertiary/aromatic N) is 12. The second kappa shape index (κ2) is 15.0. The second-order valence-electron chi connectivity index (χ2n) is 7.12. The lowest BCUT2D eigenvalue weighted by molar-refractivity contribution is -0.757. The van der Waals surface area contributed by atoms with E-state index in [1.165, 1.54) is 0 Å². The van der Waals surface area contributed by atoms with Gasteiger partial charge in [0.05, 0.1) is 14.8 Å². The predicted molar refractivity (Wildman–Crippen MR) is 128 cm³/mol. The van der Waals surface area contributed by atoms with Gasteiger partial charge < -0.3 is 14.5 Å². The van der Waals surface area contributed by atoms with Crippen LogP contribution >= 0.6 is 0 Å². The van der Waals surface area contributed by atoms with Crippen molar-refractivity contribution in [3.05, 3.63) is 91.0 Å². The van der Waals surface area contributed by atoms with Crippen LogP contribution in [0.15, 0.2) is 0 Å². The molecule has 0 radical (unpaired) electrons. The van der Waals surface area contributed by atoms with Crippen LogP contribution in [-0.2, 0) is 14.5 Å². The van der Waals surface area contributed by atoms with Crippen molar-refractivity contribution in [3.63, 3.8) is 0 Å². The normalized spacial score (nSPS) is 10.1. The molecule has 45 heavy (non-hydrogen) atoms. The Bertz CT molecular complexity index is 1240. The summed E-state index contributed by atoms with van der Waals surface area (Å²) >= 11 is 0. The third-order valence-corrected chi connectivity index (χ3v) is 4.76. The highest BCUT2D eigenvalue weighted by atomic mass is 17.0. The Hall–Kier alpha value is -7.38. The Morgan fingerprint density at radius 2 is 0.600 bits per heavy atom. The number of nitro benzene ring substituents is 3. The van der Waals surface area contributed by atoms with Gasteiger partial charge in [0.25, 0.3) is 32.3 Å². The van der Waals surface area contributed by atoms with Crippen LogP contribution in [0.1, 0.15) is 0 Å². The fraction of sp³-hybridized carbons (Fsp3) is 0.500. The highest BCUT2D eigenvalue weighted by Gasteiger charge is 2.54. The average Bonchev–Trinajstić information content (AvgIpc) is 2.88. The van der Waals surface area contributed by atoms with Crippen molar-refractivity contribution in [3.8, 4) is 0 Å². The summed E-state index contributed by atoms with van der Waals surface area (Å²) in [5.41, 5.74) is -13.0. The first-order valence-electron chi connectivity index (χ1n) is 10.6. The third-order valence-electron chi connectivity index (χ3n) is 4.76. The van der Waals surface area contributed by atoms with E-state index in [1.54, 1.807) is 0 Å². The topological polar surface area (TPSA) is 426 Å². The lowest BCUT2D eigenvalue weighted by Crippen LogP contribution is -2.40. The monoisotopic (exact) mass is 660 g/mol. The molecule has 0 aliphatic rings. The van der Waals surface area contributed by atoms with E-state index in [-0.39, 0.29) is 0 Å². The van der Waals surface area contributed by atoms with E-state index in [2.05, 4.69) is 14.5 Å². The van der Waals surface area contributed by atoms with Gasteiger partial charge in [0.1, 0.15) is 39.5 Å². The summed E-state index contributed by atoms with van der Waals surface area (Å²) in [7, 11) is 0. The van der Waals surface area contributed by atoms with E-state index in [9.17, 15) is 91.0 Å². The smallest absolute Gasteiger partial charge is 0.312 e. The number of hydrogen-bond acceptors (Lipinski definition) is 21. The van der Waals surface area contributed by atoms with Crippen LogP contribution in [-0.4, -0.2) is 84.6 Å². The maximum atomic E-state index is 12.2. The lowest BCUT2D eigenvalue weighted by Gasteiger charge is -2.21. The first-order valence-corrected chi connectivity index (χ1v) is 10.6. The van der Waals surface area contributed by atoms with Crippen LogP contribution in [0.25, 0.3) is 0 Å². The fourth-order valence-electron chi connectivity index (χ4n) is 3.36. The molecule has 0 aliphatic heterocycles. The molecule has 0 atom stereocenters. The zero-order valence-corrected chi connectivity index (χ0v) is 21.2. The van der Waals surface area contributed by atoms with Gasteiger partial charge in [0, 0.05) is 0 Å². The summed E-state index contributed by atoms with van der Waals surface area (Å²) in [5, 5.41) is 91.9. The summed E-state index contributed by atoms with van der Waals surface area (Å²) in [5.74, 6) is 0. The van der Waals surface area contributed by atoms with Gasteiger partial charge in [-0.25, -0.2) is 30.3 Å². The van der Waals surface area contributed by atoms with E-state index in [0.717, 1.165) is 0 Å². The van der Waals surface area contributed by atoms with Crippen molar-refractivity contribution in [2.24, 2.45) is 0 Å². The summed E-state index contributed by atoms with van der Waals surface area (Å²) in [4.78, 5) is 110. The van der Waals surface area contributed by atoms with Crippen molar-refractivity contribution in [1.82, 2.24) is 0 Å². The van der Waals surface area contributed by atoms with Crippen LogP contribution in [0.3, 0.4) is 0 Å². The van der Waals surface area contributed by atoms with Crippen molar-refractivity contribution in [1.29, 1.82) is 0 Å².